The van der Waals surface area contributed by atoms with Crippen molar-refractivity contribution in [2.24, 2.45) is 5.92 Å². The van der Waals surface area contributed by atoms with Gasteiger partial charge in [0.15, 0.2) is 0 Å². The van der Waals surface area contributed by atoms with Crippen LogP contribution in [0.25, 0.3) is 0 Å². The lowest BCUT2D eigenvalue weighted by Crippen LogP contribution is -2.31. The van der Waals surface area contributed by atoms with Crippen LogP contribution in [0.1, 0.15) is 38.2 Å². The molecule has 2 nitrogen and oxygen atoms in total. The Morgan fingerprint density at radius 3 is 2.84 bits per heavy atom. The molecule has 1 atom stereocenters. The lowest BCUT2D eigenvalue weighted by Gasteiger charge is -2.27. The molecule has 19 heavy (non-hydrogen) atoms. The van der Waals surface area contributed by atoms with Crippen LogP contribution in [0.4, 0.5) is 5.69 Å². The van der Waals surface area contributed by atoms with Crippen LogP contribution in [-0.4, -0.2) is 25.7 Å². The molecule has 0 radical (unpaired) electrons. The maximum atomic E-state index is 3.46. The van der Waals surface area contributed by atoms with Crippen LogP contribution in [0.3, 0.4) is 0 Å². The molecule has 2 aliphatic heterocycles. The van der Waals surface area contributed by atoms with Gasteiger partial charge in [-0.05, 0) is 69.7 Å². The molecule has 0 aliphatic carbocycles. The molecule has 0 spiro atoms. The highest BCUT2D eigenvalue weighted by molar-refractivity contribution is 5.59. The molecule has 1 fully saturated rings. The fraction of sp³-hybridized carbons (Fsp3) is 0.647. The van der Waals surface area contributed by atoms with E-state index in [9.17, 15) is 0 Å². The van der Waals surface area contributed by atoms with E-state index in [4.69, 9.17) is 0 Å². The van der Waals surface area contributed by atoms with Gasteiger partial charge in [0, 0.05) is 18.3 Å². The molecule has 0 saturated carbocycles. The predicted octanol–water partition coefficient (Wildman–Crippen LogP) is 3.22. The summed E-state index contributed by atoms with van der Waals surface area (Å²) in [5.41, 5.74) is 3.03. The minimum absolute atomic E-state index is 0.686. The first-order valence-corrected chi connectivity index (χ1v) is 7.90. The molecule has 0 bridgehead atoms. The first kappa shape index (κ1) is 13.0. The van der Waals surface area contributed by atoms with E-state index < -0.39 is 0 Å². The molecular weight excluding hydrogens is 232 g/mol. The van der Waals surface area contributed by atoms with Gasteiger partial charge in [-0.1, -0.05) is 18.2 Å². The molecule has 2 heteroatoms. The van der Waals surface area contributed by atoms with Crippen molar-refractivity contribution in [3.05, 3.63) is 29.8 Å². The average Bonchev–Trinajstić information content (AvgIpc) is 2.76. The minimum Gasteiger partial charge on any atom is -0.368 e. The fourth-order valence-electron chi connectivity index (χ4n) is 3.69. The third kappa shape index (κ3) is 2.94. The zero-order chi connectivity index (χ0) is 13.1. The standard InChI is InChI=1S/C17H26N2/c1-14-13-16-6-2-3-7-17(16)19(14)12-4-5-15-8-10-18-11-9-15/h2-3,6-7,14-15,18H,4-5,8-13H2,1H3. The number of benzene rings is 1. The highest BCUT2D eigenvalue weighted by Crippen LogP contribution is 2.32. The third-order valence-corrected chi connectivity index (χ3v) is 4.82. The zero-order valence-corrected chi connectivity index (χ0v) is 12.1. The monoisotopic (exact) mass is 258 g/mol. The van der Waals surface area contributed by atoms with E-state index in [1.807, 2.05) is 0 Å². The molecule has 1 unspecified atom stereocenters. The Balaban J connectivity index is 1.52. The number of fused-ring (bicyclic) bond motifs is 1. The van der Waals surface area contributed by atoms with Gasteiger partial charge in [0.25, 0.3) is 0 Å². The van der Waals surface area contributed by atoms with Gasteiger partial charge in [-0.3, -0.25) is 0 Å². The summed E-state index contributed by atoms with van der Waals surface area (Å²) >= 11 is 0. The van der Waals surface area contributed by atoms with Crippen molar-refractivity contribution in [2.75, 3.05) is 24.5 Å². The molecule has 1 aromatic rings. The molecule has 2 heterocycles. The van der Waals surface area contributed by atoms with Gasteiger partial charge in [0.05, 0.1) is 0 Å². The largest absolute Gasteiger partial charge is 0.368 e. The minimum atomic E-state index is 0.686. The lowest BCUT2D eigenvalue weighted by atomic mass is 9.93. The van der Waals surface area contributed by atoms with Crippen molar-refractivity contribution in [3.63, 3.8) is 0 Å². The van der Waals surface area contributed by atoms with Gasteiger partial charge in [-0.15, -0.1) is 0 Å². The number of hydrogen-bond acceptors (Lipinski definition) is 2. The van der Waals surface area contributed by atoms with Crippen molar-refractivity contribution in [3.8, 4) is 0 Å². The SMILES string of the molecule is CC1Cc2ccccc2N1CCCC1CCNCC1. The number of anilines is 1. The Morgan fingerprint density at radius 1 is 1.21 bits per heavy atom. The number of hydrogen-bond donors (Lipinski definition) is 1. The molecular formula is C17H26N2. The molecule has 3 rings (SSSR count). The van der Waals surface area contributed by atoms with Crippen LogP contribution in [0.5, 0.6) is 0 Å². The molecule has 1 saturated heterocycles. The zero-order valence-electron chi connectivity index (χ0n) is 12.1. The second kappa shape index (κ2) is 5.96. The summed E-state index contributed by atoms with van der Waals surface area (Å²) in [5.74, 6) is 0.967. The van der Waals surface area contributed by atoms with E-state index in [1.54, 1.807) is 0 Å². The molecule has 1 N–H and O–H groups in total. The molecule has 1 aromatic carbocycles. The first-order chi connectivity index (χ1) is 9.34. The summed E-state index contributed by atoms with van der Waals surface area (Å²) in [6, 6.07) is 9.62. The lowest BCUT2D eigenvalue weighted by molar-refractivity contribution is 0.346. The van der Waals surface area contributed by atoms with Gasteiger partial charge in [0.1, 0.15) is 0 Å². The van der Waals surface area contributed by atoms with Crippen molar-refractivity contribution >= 4 is 5.69 Å². The van der Waals surface area contributed by atoms with Crippen molar-refractivity contribution in [1.82, 2.24) is 5.32 Å². The maximum Gasteiger partial charge on any atom is 0.0402 e. The van der Waals surface area contributed by atoms with E-state index in [-0.39, 0.29) is 0 Å². The number of piperidine rings is 1. The van der Waals surface area contributed by atoms with E-state index in [1.165, 1.54) is 63.0 Å². The van der Waals surface area contributed by atoms with Crippen LogP contribution < -0.4 is 10.2 Å². The summed E-state index contributed by atoms with van der Waals surface area (Å²) < 4.78 is 0. The number of rotatable bonds is 4. The number of nitrogens with zero attached hydrogens (tertiary/aromatic N) is 1. The summed E-state index contributed by atoms with van der Waals surface area (Å²) in [7, 11) is 0. The van der Waals surface area contributed by atoms with E-state index >= 15 is 0 Å². The van der Waals surface area contributed by atoms with Gasteiger partial charge in [-0.2, -0.15) is 0 Å². The van der Waals surface area contributed by atoms with E-state index in [0.717, 1.165) is 5.92 Å². The Morgan fingerprint density at radius 2 is 2.00 bits per heavy atom. The third-order valence-electron chi connectivity index (χ3n) is 4.82. The quantitative estimate of drug-likeness (QED) is 0.892. The normalized spacial score (nSPS) is 23.6. The van der Waals surface area contributed by atoms with E-state index in [0.29, 0.717) is 6.04 Å². The van der Waals surface area contributed by atoms with Crippen molar-refractivity contribution < 1.29 is 0 Å². The van der Waals surface area contributed by atoms with Crippen LogP contribution in [0.2, 0.25) is 0 Å². The smallest absolute Gasteiger partial charge is 0.0402 e. The van der Waals surface area contributed by atoms with Crippen molar-refractivity contribution in [1.29, 1.82) is 0 Å². The molecule has 2 aliphatic rings. The van der Waals surface area contributed by atoms with Gasteiger partial charge >= 0.3 is 0 Å². The topological polar surface area (TPSA) is 15.3 Å². The second-order valence-corrected chi connectivity index (χ2v) is 6.21. The van der Waals surface area contributed by atoms with Crippen LogP contribution in [-0.2, 0) is 6.42 Å². The second-order valence-electron chi connectivity index (χ2n) is 6.21. The van der Waals surface area contributed by atoms with Gasteiger partial charge < -0.3 is 10.2 Å². The highest BCUT2D eigenvalue weighted by Gasteiger charge is 2.25. The molecule has 0 aromatic heterocycles. The molecule has 104 valence electrons. The van der Waals surface area contributed by atoms with Crippen LogP contribution in [0.15, 0.2) is 24.3 Å². The Kier molecular flexibility index (Phi) is 4.07. The van der Waals surface area contributed by atoms with Crippen LogP contribution >= 0.6 is 0 Å². The Labute approximate surface area is 117 Å². The van der Waals surface area contributed by atoms with Crippen LogP contribution in [0, 0.1) is 5.92 Å². The average molecular weight is 258 g/mol. The summed E-state index contributed by atoms with van der Waals surface area (Å²) in [4.78, 5) is 2.62. The van der Waals surface area contributed by atoms with Crippen molar-refractivity contribution in [2.45, 2.75) is 45.1 Å². The van der Waals surface area contributed by atoms with E-state index in [2.05, 4.69) is 41.4 Å². The summed E-state index contributed by atoms with van der Waals surface area (Å²) in [6.07, 6.45) is 6.75. The summed E-state index contributed by atoms with van der Waals surface area (Å²) in [6.45, 7) is 6.06. The molecule has 0 amide bonds. The Bertz CT molecular complexity index is 409. The maximum absolute atomic E-state index is 3.46. The van der Waals surface area contributed by atoms with Gasteiger partial charge in [-0.25, -0.2) is 0 Å². The predicted molar refractivity (Wildman–Crippen MR) is 81.8 cm³/mol. The van der Waals surface area contributed by atoms with Gasteiger partial charge in [0.2, 0.25) is 0 Å². The summed E-state index contributed by atoms with van der Waals surface area (Å²) in [5, 5.41) is 3.46. The fourth-order valence-corrected chi connectivity index (χ4v) is 3.69. The first-order valence-electron chi connectivity index (χ1n) is 7.90. The Hall–Kier alpha value is -1.02. The number of nitrogens with one attached hydrogen (secondary N) is 1. The number of para-hydroxylation sites is 1. The highest BCUT2D eigenvalue weighted by atomic mass is 15.2.